The number of likely N-dealkylation sites (tertiary alicyclic amines) is 1. The van der Waals surface area contributed by atoms with Gasteiger partial charge in [0.1, 0.15) is 5.82 Å². The van der Waals surface area contributed by atoms with Gasteiger partial charge < -0.3 is 19.3 Å². The van der Waals surface area contributed by atoms with Crippen LogP contribution in [0.25, 0.3) is 0 Å². The van der Waals surface area contributed by atoms with Crippen LogP contribution in [0, 0.1) is 5.41 Å². The van der Waals surface area contributed by atoms with E-state index in [0.717, 1.165) is 58.4 Å². The van der Waals surface area contributed by atoms with Crippen LogP contribution in [-0.2, 0) is 14.3 Å². The molecule has 0 saturated carbocycles. The van der Waals surface area contributed by atoms with Crippen LogP contribution in [-0.4, -0.2) is 66.9 Å². The average Bonchev–Trinajstić information content (AvgIpc) is 3.03. The molecule has 1 atom stereocenters. The molecule has 4 rings (SSSR count). The van der Waals surface area contributed by atoms with E-state index in [2.05, 4.69) is 20.1 Å². The normalized spacial score (nSPS) is 24.8. The van der Waals surface area contributed by atoms with Crippen molar-refractivity contribution in [2.75, 3.05) is 43.1 Å². The van der Waals surface area contributed by atoms with Gasteiger partial charge in [0.25, 0.3) is 0 Å². The Balaban J connectivity index is 1.45. The topological polar surface area (TPSA) is 84.0 Å². The van der Waals surface area contributed by atoms with Crippen molar-refractivity contribution >= 4 is 35.1 Å². The van der Waals surface area contributed by atoms with E-state index in [1.807, 2.05) is 0 Å². The lowest BCUT2D eigenvalue weighted by Crippen LogP contribution is -2.50. The summed E-state index contributed by atoms with van der Waals surface area (Å²) in [7, 11) is 0. The highest BCUT2D eigenvalue weighted by molar-refractivity contribution is 6.33. The van der Waals surface area contributed by atoms with Gasteiger partial charge >= 0.3 is 6.09 Å². The van der Waals surface area contributed by atoms with Crippen LogP contribution in [0.15, 0.2) is 12.3 Å². The number of ether oxygens (including phenoxy) is 2. The highest BCUT2D eigenvalue weighted by atomic mass is 35.5. The highest BCUT2D eigenvalue weighted by Crippen LogP contribution is 2.43. The lowest BCUT2D eigenvalue weighted by atomic mass is 9.78. The summed E-state index contributed by atoms with van der Waals surface area (Å²) in [5.41, 5.74) is 0.119. The predicted molar refractivity (Wildman–Crippen MR) is 119 cm³/mol. The largest absolute Gasteiger partial charge is 0.447 e. The molecule has 31 heavy (non-hydrogen) atoms. The number of pyridine rings is 1. The maximum atomic E-state index is 13.5. The Labute approximate surface area is 188 Å². The van der Waals surface area contributed by atoms with Gasteiger partial charge in [-0.05, 0) is 52.0 Å². The molecule has 9 heteroatoms. The van der Waals surface area contributed by atoms with Crippen molar-refractivity contribution in [1.82, 2.24) is 9.88 Å². The summed E-state index contributed by atoms with van der Waals surface area (Å²) >= 11 is 6.53. The molecule has 3 aliphatic heterocycles. The summed E-state index contributed by atoms with van der Waals surface area (Å²) in [6.45, 7) is 7.29. The number of anilines is 2. The van der Waals surface area contributed by atoms with Crippen LogP contribution >= 0.6 is 11.6 Å². The molecule has 8 nitrogen and oxygen atoms in total. The molecule has 0 bridgehead atoms. The molecule has 3 fully saturated rings. The molecular weight excluding hydrogens is 420 g/mol. The maximum absolute atomic E-state index is 13.5. The quantitative estimate of drug-likeness (QED) is 0.753. The van der Waals surface area contributed by atoms with Gasteiger partial charge in [0, 0.05) is 38.9 Å². The fourth-order valence-corrected chi connectivity index (χ4v) is 5.26. The second-order valence-electron chi connectivity index (χ2n) is 9.01. The molecule has 1 N–H and O–H groups in total. The number of halogens is 1. The third-order valence-electron chi connectivity index (χ3n) is 6.46. The molecule has 3 aliphatic rings. The van der Waals surface area contributed by atoms with Gasteiger partial charge in [-0.3, -0.25) is 10.1 Å². The van der Waals surface area contributed by atoms with Gasteiger partial charge in [-0.15, -0.1) is 0 Å². The SMILES string of the molecule is CC(C)OC(=O)Nc1cnc(N2CCC[C@]3(CCN(C4CCOCC4)C3=O)C2)c(Cl)c1. The Bertz CT molecular complexity index is 830. The third kappa shape index (κ3) is 4.75. The zero-order valence-corrected chi connectivity index (χ0v) is 19.0. The number of aromatic nitrogens is 1. The van der Waals surface area contributed by atoms with Gasteiger partial charge in [0.05, 0.1) is 28.4 Å². The van der Waals surface area contributed by atoms with Crippen LogP contribution in [0.3, 0.4) is 0 Å². The molecule has 0 radical (unpaired) electrons. The standard InChI is InChI=1S/C22H31ClN4O4/c1-15(2)31-21(29)25-16-12-18(23)19(24-13-16)26-8-3-6-22(14-26)7-9-27(20(22)28)17-4-10-30-11-5-17/h12-13,15,17H,3-11,14H2,1-2H3,(H,25,29)/t22-/m0/s1. The summed E-state index contributed by atoms with van der Waals surface area (Å²) in [4.78, 5) is 34.0. The number of hydrogen-bond acceptors (Lipinski definition) is 6. The zero-order chi connectivity index (χ0) is 22.0. The molecule has 0 unspecified atom stereocenters. The Morgan fingerprint density at radius 1 is 1.32 bits per heavy atom. The van der Waals surface area contributed by atoms with E-state index in [1.165, 1.54) is 0 Å². The van der Waals surface area contributed by atoms with Crippen molar-refractivity contribution in [1.29, 1.82) is 0 Å². The van der Waals surface area contributed by atoms with Crippen LogP contribution in [0.5, 0.6) is 0 Å². The van der Waals surface area contributed by atoms with E-state index in [1.54, 1.807) is 26.1 Å². The minimum Gasteiger partial charge on any atom is -0.447 e. The molecular formula is C22H31ClN4O4. The zero-order valence-electron chi connectivity index (χ0n) is 18.2. The van der Waals surface area contributed by atoms with Crippen molar-refractivity contribution in [2.45, 2.75) is 58.1 Å². The van der Waals surface area contributed by atoms with E-state index in [0.29, 0.717) is 29.1 Å². The minimum absolute atomic E-state index is 0.211. The Morgan fingerprint density at radius 3 is 2.81 bits per heavy atom. The second-order valence-corrected chi connectivity index (χ2v) is 9.41. The molecule has 1 aromatic heterocycles. The Hall–Kier alpha value is -2.06. The molecule has 0 aromatic carbocycles. The van der Waals surface area contributed by atoms with Crippen LogP contribution in [0.2, 0.25) is 5.02 Å². The number of piperidine rings is 1. The summed E-state index contributed by atoms with van der Waals surface area (Å²) in [5, 5.41) is 3.09. The summed E-state index contributed by atoms with van der Waals surface area (Å²) in [5.74, 6) is 0.927. The summed E-state index contributed by atoms with van der Waals surface area (Å²) < 4.78 is 10.6. The number of nitrogens with zero attached hydrogens (tertiary/aromatic N) is 3. The van der Waals surface area contributed by atoms with E-state index in [9.17, 15) is 9.59 Å². The van der Waals surface area contributed by atoms with Crippen LogP contribution < -0.4 is 10.2 Å². The van der Waals surface area contributed by atoms with Crippen molar-refractivity contribution in [3.63, 3.8) is 0 Å². The third-order valence-corrected chi connectivity index (χ3v) is 6.74. The van der Waals surface area contributed by atoms with E-state index in [4.69, 9.17) is 21.1 Å². The fraction of sp³-hybridized carbons (Fsp3) is 0.682. The molecule has 4 heterocycles. The van der Waals surface area contributed by atoms with Crippen molar-refractivity contribution in [2.24, 2.45) is 5.41 Å². The smallest absolute Gasteiger partial charge is 0.411 e. The number of nitrogens with one attached hydrogen (secondary N) is 1. The first-order valence-corrected chi connectivity index (χ1v) is 11.5. The van der Waals surface area contributed by atoms with Gasteiger partial charge in [-0.2, -0.15) is 0 Å². The van der Waals surface area contributed by atoms with Gasteiger partial charge in [-0.25, -0.2) is 9.78 Å². The molecule has 1 aromatic rings. The number of hydrogen-bond donors (Lipinski definition) is 1. The number of rotatable bonds is 4. The predicted octanol–water partition coefficient (Wildman–Crippen LogP) is 3.69. The Kier molecular flexibility index (Phi) is 6.57. The Morgan fingerprint density at radius 2 is 2.10 bits per heavy atom. The van der Waals surface area contributed by atoms with E-state index < -0.39 is 6.09 Å². The lowest BCUT2D eigenvalue weighted by molar-refractivity contribution is -0.139. The van der Waals surface area contributed by atoms with Crippen molar-refractivity contribution in [3.8, 4) is 0 Å². The number of carbonyl (C=O) groups excluding carboxylic acids is 2. The minimum atomic E-state index is -0.540. The van der Waals surface area contributed by atoms with Crippen LogP contribution in [0.4, 0.5) is 16.3 Å². The monoisotopic (exact) mass is 450 g/mol. The second kappa shape index (κ2) is 9.20. The highest BCUT2D eigenvalue weighted by Gasteiger charge is 2.50. The molecule has 2 amide bonds. The number of amides is 2. The van der Waals surface area contributed by atoms with Crippen molar-refractivity contribution in [3.05, 3.63) is 17.3 Å². The first kappa shape index (κ1) is 22.1. The van der Waals surface area contributed by atoms with E-state index in [-0.39, 0.29) is 17.4 Å². The lowest BCUT2D eigenvalue weighted by Gasteiger charge is -2.41. The summed E-state index contributed by atoms with van der Waals surface area (Å²) in [6.07, 6.45) is 5.37. The molecule has 1 spiro atoms. The maximum Gasteiger partial charge on any atom is 0.411 e. The van der Waals surface area contributed by atoms with Gasteiger partial charge in [0.2, 0.25) is 5.91 Å². The molecule has 0 aliphatic carbocycles. The molecule has 170 valence electrons. The molecule has 3 saturated heterocycles. The van der Waals surface area contributed by atoms with Gasteiger partial charge in [0.15, 0.2) is 0 Å². The number of carbonyl (C=O) groups is 2. The fourth-order valence-electron chi connectivity index (χ4n) is 4.98. The van der Waals surface area contributed by atoms with Crippen molar-refractivity contribution < 1.29 is 19.1 Å². The summed E-state index contributed by atoms with van der Waals surface area (Å²) in [6, 6.07) is 1.98. The first-order valence-electron chi connectivity index (χ1n) is 11.1. The average molecular weight is 451 g/mol. The van der Waals surface area contributed by atoms with Crippen LogP contribution in [0.1, 0.15) is 46.0 Å². The van der Waals surface area contributed by atoms with E-state index >= 15 is 0 Å². The first-order chi connectivity index (χ1) is 14.9. The van der Waals surface area contributed by atoms with Gasteiger partial charge in [-0.1, -0.05) is 11.6 Å².